The van der Waals surface area contributed by atoms with Crippen molar-refractivity contribution in [3.8, 4) is 11.5 Å². The Hall–Kier alpha value is -1.18. The highest BCUT2D eigenvalue weighted by Crippen LogP contribution is 2.37. The molecular weight excluding hydrogens is 365 g/mol. The van der Waals surface area contributed by atoms with E-state index in [2.05, 4.69) is 37.9 Å². The molecule has 1 aliphatic rings. The minimum atomic E-state index is 0.573. The number of nitrogens with one attached hydrogen (secondary N) is 1. The quantitative estimate of drug-likeness (QED) is 0.828. The van der Waals surface area contributed by atoms with Gasteiger partial charge in [0, 0.05) is 20.0 Å². The van der Waals surface area contributed by atoms with Crippen molar-refractivity contribution in [2.24, 2.45) is 7.05 Å². The number of hydrogen-bond donors (Lipinski definition) is 1. The summed E-state index contributed by atoms with van der Waals surface area (Å²) in [5.41, 5.74) is 2.15. The van der Waals surface area contributed by atoms with Gasteiger partial charge in [0.2, 0.25) is 0 Å². The van der Waals surface area contributed by atoms with Crippen LogP contribution in [0.5, 0.6) is 0 Å². The summed E-state index contributed by atoms with van der Waals surface area (Å²) in [4.78, 5) is 13.6. The van der Waals surface area contributed by atoms with Crippen molar-refractivity contribution in [3.05, 3.63) is 21.8 Å². The van der Waals surface area contributed by atoms with E-state index in [0.29, 0.717) is 5.92 Å². The summed E-state index contributed by atoms with van der Waals surface area (Å²) in [5, 5.41) is 3.19. The third-order valence-electron chi connectivity index (χ3n) is 3.90. The Morgan fingerprint density at radius 3 is 2.65 bits per heavy atom. The molecule has 2 aromatic rings. The maximum Gasteiger partial charge on any atom is 0.180 e. The van der Waals surface area contributed by atoms with Crippen LogP contribution in [0.15, 0.2) is 12.5 Å². The Morgan fingerprint density at radius 2 is 2.05 bits per heavy atom. The number of imidazole rings is 1. The van der Waals surface area contributed by atoms with E-state index in [1.54, 1.807) is 6.33 Å². The molecule has 3 rings (SSSR count). The largest absolute Gasteiger partial charge is 0.372 e. The van der Waals surface area contributed by atoms with Gasteiger partial charge < -0.3 is 9.88 Å². The molecule has 0 spiro atoms. The molecule has 0 unspecified atom stereocenters. The van der Waals surface area contributed by atoms with E-state index in [1.165, 1.54) is 31.4 Å². The fourth-order valence-electron chi connectivity index (χ4n) is 2.79. The molecule has 0 atom stereocenters. The van der Waals surface area contributed by atoms with E-state index in [9.17, 15) is 0 Å². The van der Waals surface area contributed by atoms with Gasteiger partial charge in [0.1, 0.15) is 11.5 Å². The van der Waals surface area contributed by atoms with Gasteiger partial charge >= 0.3 is 0 Å². The van der Waals surface area contributed by atoms with E-state index < -0.39 is 0 Å². The van der Waals surface area contributed by atoms with Crippen LogP contribution < -0.4 is 5.32 Å². The van der Waals surface area contributed by atoms with E-state index in [4.69, 9.17) is 4.98 Å². The molecule has 5 nitrogen and oxygen atoms in total. The van der Waals surface area contributed by atoms with Gasteiger partial charge in [-0.15, -0.1) is 0 Å². The van der Waals surface area contributed by atoms with Crippen LogP contribution in [0.25, 0.3) is 11.5 Å². The number of aromatic nitrogens is 4. The molecule has 1 saturated carbocycles. The van der Waals surface area contributed by atoms with E-state index >= 15 is 0 Å². The predicted molar refractivity (Wildman–Crippen MR) is 87.7 cm³/mol. The highest BCUT2D eigenvalue weighted by Gasteiger charge is 2.24. The topological polar surface area (TPSA) is 55.6 Å². The lowest BCUT2D eigenvalue weighted by molar-refractivity contribution is 0.690. The number of nitrogens with zero attached hydrogens (tertiary/aromatic N) is 4. The Morgan fingerprint density at radius 1 is 1.30 bits per heavy atom. The molecule has 0 saturated heterocycles. The van der Waals surface area contributed by atoms with Gasteiger partial charge in [0.15, 0.2) is 5.82 Å². The zero-order valence-electron chi connectivity index (χ0n) is 11.7. The Balaban J connectivity index is 2.12. The summed E-state index contributed by atoms with van der Waals surface area (Å²) < 4.78 is 3.11. The minimum Gasteiger partial charge on any atom is -0.372 e. The van der Waals surface area contributed by atoms with Gasteiger partial charge in [-0.3, -0.25) is 0 Å². The Bertz CT molecular complexity index is 616. The van der Waals surface area contributed by atoms with Crippen molar-refractivity contribution in [1.29, 1.82) is 0 Å². The van der Waals surface area contributed by atoms with Gasteiger partial charge in [-0.1, -0.05) is 12.8 Å². The van der Waals surface area contributed by atoms with E-state index in [1.807, 2.05) is 24.9 Å². The van der Waals surface area contributed by atoms with Gasteiger partial charge in [0.05, 0.1) is 21.8 Å². The van der Waals surface area contributed by atoms with Crippen molar-refractivity contribution >= 4 is 28.4 Å². The Labute approximate surface area is 132 Å². The smallest absolute Gasteiger partial charge is 0.180 e. The zero-order valence-corrected chi connectivity index (χ0v) is 13.9. The fourth-order valence-corrected chi connectivity index (χ4v) is 3.74. The average molecular weight is 383 g/mol. The number of anilines is 1. The molecule has 0 bridgehead atoms. The summed E-state index contributed by atoms with van der Waals surface area (Å²) in [6.45, 7) is 0. The minimum absolute atomic E-state index is 0.573. The first-order valence-corrected chi connectivity index (χ1v) is 8.00. The molecule has 20 heavy (non-hydrogen) atoms. The summed E-state index contributed by atoms with van der Waals surface area (Å²) in [6, 6.07) is 0. The third kappa shape index (κ3) is 2.41. The standard InChI is InChI=1S/C14H18IN5/c1-16-14-11(15)12(9-5-3-4-6-9)18-13(19-14)10-7-17-8-20(10)2/h7-9H,3-6H2,1-2H3,(H,16,18,19). The van der Waals surface area contributed by atoms with Gasteiger partial charge in [-0.2, -0.15) is 0 Å². The highest BCUT2D eigenvalue weighted by molar-refractivity contribution is 14.1. The lowest BCUT2D eigenvalue weighted by Crippen LogP contribution is -2.09. The van der Waals surface area contributed by atoms with Crippen LogP contribution in [0.2, 0.25) is 0 Å². The molecule has 1 aliphatic carbocycles. The third-order valence-corrected chi connectivity index (χ3v) is 4.96. The molecule has 6 heteroatoms. The number of halogens is 1. The second-order valence-corrected chi connectivity index (χ2v) is 6.29. The maximum absolute atomic E-state index is 4.85. The van der Waals surface area contributed by atoms with Crippen LogP contribution in [0, 0.1) is 3.57 Å². The summed E-state index contributed by atoms with van der Waals surface area (Å²) in [5.74, 6) is 2.25. The number of aryl methyl sites for hydroxylation is 1. The number of hydrogen-bond acceptors (Lipinski definition) is 4. The average Bonchev–Trinajstić information content (AvgIpc) is 3.10. The second kappa shape index (κ2) is 5.67. The Kier molecular flexibility index (Phi) is 3.91. The van der Waals surface area contributed by atoms with Gasteiger partial charge in [0.25, 0.3) is 0 Å². The molecule has 0 amide bonds. The lowest BCUT2D eigenvalue weighted by Gasteiger charge is -2.15. The molecule has 0 aliphatic heterocycles. The molecule has 2 heterocycles. The lowest BCUT2D eigenvalue weighted by atomic mass is 10.0. The van der Waals surface area contributed by atoms with Crippen molar-refractivity contribution in [2.45, 2.75) is 31.6 Å². The summed E-state index contributed by atoms with van der Waals surface area (Å²) in [7, 11) is 3.88. The number of rotatable bonds is 3. The molecule has 1 fully saturated rings. The van der Waals surface area contributed by atoms with E-state index in [-0.39, 0.29) is 0 Å². The van der Waals surface area contributed by atoms with Crippen molar-refractivity contribution in [3.63, 3.8) is 0 Å². The second-order valence-electron chi connectivity index (χ2n) is 5.22. The highest BCUT2D eigenvalue weighted by atomic mass is 127. The predicted octanol–water partition coefficient (Wildman–Crippen LogP) is 3.18. The maximum atomic E-state index is 4.85. The van der Waals surface area contributed by atoms with Crippen molar-refractivity contribution in [2.75, 3.05) is 12.4 Å². The molecule has 106 valence electrons. The van der Waals surface area contributed by atoms with Crippen LogP contribution in [-0.4, -0.2) is 26.6 Å². The van der Waals surface area contributed by atoms with Crippen LogP contribution in [-0.2, 0) is 7.05 Å². The SMILES string of the molecule is CNc1nc(-c2cncn2C)nc(C2CCCC2)c1I. The molecule has 0 aromatic carbocycles. The monoisotopic (exact) mass is 383 g/mol. The molecule has 0 radical (unpaired) electrons. The van der Waals surface area contributed by atoms with Crippen molar-refractivity contribution < 1.29 is 0 Å². The normalized spacial score (nSPS) is 15.8. The summed E-state index contributed by atoms with van der Waals surface area (Å²) >= 11 is 2.36. The molecular formula is C14H18IN5. The van der Waals surface area contributed by atoms with Crippen LogP contribution >= 0.6 is 22.6 Å². The van der Waals surface area contributed by atoms with E-state index in [0.717, 1.165) is 20.9 Å². The first kappa shape index (κ1) is 13.8. The van der Waals surface area contributed by atoms with Crippen LogP contribution in [0.4, 0.5) is 5.82 Å². The zero-order chi connectivity index (χ0) is 14.1. The van der Waals surface area contributed by atoms with Gasteiger partial charge in [-0.05, 0) is 35.4 Å². The van der Waals surface area contributed by atoms with Crippen molar-refractivity contribution in [1.82, 2.24) is 19.5 Å². The first-order chi connectivity index (χ1) is 9.70. The fraction of sp³-hybridized carbons (Fsp3) is 0.500. The molecule has 2 aromatic heterocycles. The van der Waals surface area contributed by atoms with Crippen LogP contribution in [0.1, 0.15) is 37.3 Å². The molecule has 1 N–H and O–H groups in total. The first-order valence-electron chi connectivity index (χ1n) is 6.92. The summed E-state index contributed by atoms with van der Waals surface area (Å²) in [6.07, 6.45) is 8.69. The van der Waals surface area contributed by atoms with Crippen LogP contribution in [0.3, 0.4) is 0 Å². The van der Waals surface area contributed by atoms with Gasteiger partial charge in [-0.25, -0.2) is 15.0 Å².